The Labute approximate surface area is 142 Å². The summed E-state index contributed by atoms with van der Waals surface area (Å²) in [5.74, 6) is -0.258. The second kappa shape index (κ2) is 5.90. The van der Waals surface area contributed by atoms with E-state index < -0.39 is 0 Å². The molecule has 0 radical (unpaired) electrons. The molecular formula is C17H17FN4OS. The highest BCUT2D eigenvalue weighted by Crippen LogP contribution is 2.19. The standard InChI is InChI=1S/C17H17FN4OS/c1-12-11-24-17-19-15(10-22(12)17)16(23)21-8-6-20(7-9-21)14-4-2-13(18)3-5-14/h2-5,10-11H,6-9H2,1H3. The fourth-order valence-electron chi connectivity index (χ4n) is 2.98. The fraction of sp³-hybridized carbons (Fsp3) is 0.294. The van der Waals surface area contributed by atoms with Gasteiger partial charge >= 0.3 is 0 Å². The number of fused-ring (bicyclic) bond motifs is 1. The summed E-state index contributed by atoms with van der Waals surface area (Å²) in [4.78, 5) is 21.9. The molecule has 0 saturated carbocycles. The molecule has 124 valence electrons. The second-order valence-electron chi connectivity index (χ2n) is 5.91. The van der Waals surface area contributed by atoms with E-state index in [0.29, 0.717) is 18.8 Å². The second-order valence-corrected chi connectivity index (χ2v) is 6.75. The molecule has 1 amide bonds. The highest BCUT2D eigenvalue weighted by Gasteiger charge is 2.24. The van der Waals surface area contributed by atoms with Crippen molar-refractivity contribution < 1.29 is 9.18 Å². The molecule has 0 unspecified atom stereocenters. The average Bonchev–Trinajstić information content (AvgIpc) is 3.18. The molecule has 0 spiro atoms. The minimum atomic E-state index is -0.234. The molecule has 1 aliphatic rings. The van der Waals surface area contributed by atoms with E-state index in [2.05, 4.69) is 9.88 Å². The Bertz CT molecular complexity index is 878. The van der Waals surface area contributed by atoms with Crippen LogP contribution in [0, 0.1) is 12.7 Å². The third-order valence-electron chi connectivity index (χ3n) is 4.37. The van der Waals surface area contributed by atoms with Crippen molar-refractivity contribution in [2.45, 2.75) is 6.92 Å². The Morgan fingerprint density at radius 3 is 2.54 bits per heavy atom. The third-order valence-corrected chi connectivity index (χ3v) is 5.32. The van der Waals surface area contributed by atoms with E-state index in [0.717, 1.165) is 29.4 Å². The van der Waals surface area contributed by atoms with Crippen molar-refractivity contribution in [3.8, 4) is 0 Å². The first-order chi connectivity index (χ1) is 11.6. The number of hydrogen-bond donors (Lipinski definition) is 0. The van der Waals surface area contributed by atoms with Crippen LogP contribution in [0.3, 0.4) is 0 Å². The van der Waals surface area contributed by atoms with Crippen LogP contribution in [-0.4, -0.2) is 46.4 Å². The van der Waals surface area contributed by atoms with Crippen LogP contribution >= 0.6 is 11.3 Å². The van der Waals surface area contributed by atoms with Crippen LogP contribution < -0.4 is 4.90 Å². The number of rotatable bonds is 2. The fourth-order valence-corrected chi connectivity index (χ4v) is 3.83. The van der Waals surface area contributed by atoms with E-state index in [-0.39, 0.29) is 11.7 Å². The normalized spacial score (nSPS) is 15.2. The Balaban J connectivity index is 1.45. The maximum Gasteiger partial charge on any atom is 0.274 e. The lowest BCUT2D eigenvalue weighted by atomic mass is 10.2. The van der Waals surface area contributed by atoms with Crippen LogP contribution in [-0.2, 0) is 0 Å². The number of halogens is 1. The molecule has 24 heavy (non-hydrogen) atoms. The number of nitrogens with zero attached hydrogens (tertiary/aromatic N) is 4. The monoisotopic (exact) mass is 344 g/mol. The van der Waals surface area contributed by atoms with Gasteiger partial charge in [0.15, 0.2) is 4.96 Å². The van der Waals surface area contributed by atoms with Gasteiger partial charge in [-0.15, -0.1) is 11.3 Å². The van der Waals surface area contributed by atoms with Crippen LogP contribution in [0.1, 0.15) is 16.2 Å². The molecule has 3 aromatic rings. The van der Waals surface area contributed by atoms with Crippen molar-refractivity contribution >= 4 is 27.9 Å². The Morgan fingerprint density at radius 2 is 1.88 bits per heavy atom. The maximum absolute atomic E-state index is 13.0. The molecule has 1 aliphatic heterocycles. The van der Waals surface area contributed by atoms with Gasteiger partial charge in [-0.2, -0.15) is 0 Å². The minimum Gasteiger partial charge on any atom is -0.368 e. The molecule has 4 rings (SSSR count). The largest absolute Gasteiger partial charge is 0.368 e. The number of aryl methyl sites for hydroxylation is 1. The molecule has 0 atom stereocenters. The number of imidazole rings is 1. The highest BCUT2D eigenvalue weighted by molar-refractivity contribution is 7.15. The predicted octanol–water partition coefficient (Wildman–Crippen LogP) is 2.81. The topological polar surface area (TPSA) is 40.9 Å². The summed E-state index contributed by atoms with van der Waals surface area (Å²) in [5, 5.41) is 2.03. The molecule has 5 nitrogen and oxygen atoms in total. The SMILES string of the molecule is Cc1csc2nc(C(=O)N3CCN(c4ccc(F)cc4)CC3)cn12. The molecule has 0 N–H and O–H groups in total. The van der Waals surface area contributed by atoms with Gasteiger partial charge in [0.2, 0.25) is 0 Å². The quantitative estimate of drug-likeness (QED) is 0.718. The van der Waals surface area contributed by atoms with Crippen molar-refractivity contribution in [2.24, 2.45) is 0 Å². The summed E-state index contributed by atoms with van der Waals surface area (Å²) in [6, 6.07) is 6.48. The van der Waals surface area contributed by atoms with Crippen molar-refractivity contribution in [1.29, 1.82) is 0 Å². The van der Waals surface area contributed by atoms with E-state index in [4.69, 9.17) is 0 Å². The number of amides is 1. The van der Waals surface area contributed by atoms with E-state index in [1.165, 1.54) is 23.5 Å². The highest BCUT2D eigenvalue weighted by atomic mass is 32.1. The number of carbonyl (C=O) groups excluding carboxylic acids is 1. The van der Waals surface area contributed by atoms with Crippen molar-refractivity contribution in [3.63, 3.8) is 0 Å². The molecule has 0 bridgehead atoms. The van der Waals surface area contributed by atoms with Gasteiger partial charge in [-0.05, 0) is 31.2 Å². The first kappa shape index (κ1) is 15.1. The molecule has 1 fully saturated rings. The molecule has 0 aliphatic carbocycles. The molecule has 3 heterocycles. The van der Waals surface area contributed by atoms with Crippen LogP contribution in [0.5, 0.6) is 0 Å². The number of benzene rings is 1. The summed E-state index contributed by atoms with van der Waals surface area (Å²) in [7, 11) is 0. The molecule has 1 aromatic carbocycles. The number of thiazole rings is 1. The Kier molecular flexibility index (Phi) is 3.72. The Hall–Kier alpha value is -2.41. The first-order valence-corrected chi connectivity index (χ1v) is 8.73. The van der Waals surface area contributed by atoms with Gasteiger partial charge in [0.1, 0.15) is 11.5 Å². The number of anilines is 1. The van der Waals surface area contributed by atoms with Gasteiger partial charge in [-0.3, -0.25) is 9.20 Å². The van der Waals surface area contributed by atoms with E-state index in [9.17, 15) is 9.18 Å². The molecular weight excluding hydrogens is 327 g/mol. The lowest BCUT2D eigenvalue weighted by molar-refractivity contribution is 0.0741. The zero-order valence-electron chi connectivity index (χ0n) is 13.3. The van der Waals surface area contributed by atoms with Gasteiger partial charge in [0.05, 0.1) is 0 Å². The van der Waals surface area contributed by atoms with Crippen LogP contribution in [0.4, 0.5) is 10.1 Å². The molecule has 7 heteroatoms. The predicted molar refractivity (Wildman–Crippen MR) is 92.3 cm³/mol. The summed E-state index contributed by atoms with van der Waals surface area (Å²) in [5.41, 5.74) is 2.57. The summed E-state index contributed by atoms with van der Waals surface area (Å²) in [6.07, 6.45) is 1.82. The lowest BCUT2D eigenvalue weighted by Gasteiger charge is -2.35. The number of carbonyl (C=O) groups is 1. The molecule has 2 aromatic heterocycles. The Morgan fingerprint density at radius 1 is 1.17 bits per heavy atom. The summed E-state index contributed by atoms with van der Waals surface area (Å²) in [6.45, 7) is 4.75. The maximum atomic E-state index is 13.0. The van der Waals surface area contributed by atoms with Crippen molar-refractivity contribution in [3.05, 3.63) is 53.0 Å². The van der Waals surface area contributed by atoms with E-state index in [1.54, 1.807) is 12.1 Å². The van der Waals surface area contributed by atoms with Gasteiger partial charge < -0.3 is 9.80 Å². The molecule has 1 saturated heterocycles. The minimum absolute atomic E-state index is 0.0240. The number of hydrogen-bond acceptors (Lipinski definition) is 4. The average molecular weight is 344 g/mol. The van der Waals surface area contributed by atoms with Crippen molar-refractivity contribution in [2.75, 3.05) is 31.1 Å². The van der Waals surface area contributed by atoms with E-state index in [1.807, 2.05) is 27.8 Å². The number of aromatic nitrogens is 2. The van der Waals surface area contributed by atoms with Crippen LogP contribution in [0.15, 0.2) is 35.8 Å². The van der Waals surface area contributed by atoms with Gasteiger partial charge in [0.25, 0.3) is 5.91 Å². The number of piperazine rings is 1. The van der Waals surface area contributed by atoms with Crippen molar-refractivity contribution in [1.82, 2.24) is 14.3 Å². The van der Waals surface area contributed by atoms with Gasteiger partial charge in [-0.25, -0.2) is 9.37 Å². The summed E-state index contributed by atoms with van der Waals surface area (Å²) >= 11 is 1.54. The van der Waals surface area contributed by atoms with Crippen LogP contribution in [0.25, 0.3) is 4.96 Å². The van der Waals surface area contributed by atoms with Gasteiger partial charge in [0, 0.05) is 49.1 Å². The summed E-state index contributed by atoms with van der Waals surface area (Å²) < 4.78 is 15.0. The van der Waals surface area contributed by atoms with Crippen LogP contribution in [0.2, 0.25) is 0 Å². The first-order valence-electron chi connectivity index (χ1n) is 7.85. The zero-order chi connectivity index (χ0) is 16.7. The van der Waals surface area contributed by atoms with E-state index >= 15 is 0 Å². The zero-order valence-corrected chi connectivity index (χ0v) is 14.1. The smallest absolute Gasteiger partial charge is 0.274 e. The third kappa shape index (κ3) is 2.65. The lowest BCUT2D eigenvalue weighted by Crippen LogP contribution is -2.48. The van der Waals surface area contributed by atoms with Gasteiger partial charge in [-0.1, -0.05) is 0 Å².